The number of pyridine rings is 1. The zero-order valence-corrected chi connectivity index (χ0v) is 6.43. The SMILES string of the molecule is O=c1ccc(S(=O)(=O)O)c(F)[nH]1. The van der Waals surface area contributed by atoms with Gasteiger partial charge in [0.15, 0.2) is 0 Å². The second-order valence-corrected chi connectivity index (χ2v) is 3.37. The second-order valence-electron chi connectivity index (χ2n) is 1.98. The van der Waals surface area contributed by atoms with E-state index in [2.05, 4.69) is 0 Å². The van der Waals surface area contributed by atoms with Crippen LogP contribution in [0, 0.1) is 5.95 Å². The van der Waals surface area contributed by atoms with Gasteiger partial charge >= 0.3 is 0 Å². The van der Waals surface area contributed by atoms with Crippen LogP contribution in [0.4, 0.5) is 4.39 Å². The molecule has 12 heavy (non-hydrogen) atoms. The number of H-pyrrole nitrogens is 1. The van der Waals surface area contributed by atoms with E-state index in [0.29, 0.717) is 6.07 Å². The smallest absolute Gasteiger partial charge is 0.298 e. The van der Waals surface area contributed by atoms with Crippen LogP contribution in [0.5, 0.6) is 0 Å². The molecule has 2 N–H and O–H groups in total. The molecule has 66 valence electrons. The molecule has 7 heteroatoms. The highest BCUT2D eigenvalue weighted by atomic mass is 32.2. The average Bonchev–Trinajstić information content (AvgIpc) is 1.83. The van der Waals surface area contributed by atoms with Crippen molar-refractivity contribution in [2.45, 2.75) is 4.90 Å². The van der Waals surface area contributed by atoms with E-state index in [4.69, 9.17) is 4.55 Å². The van der Waals surface area contributed by atoms with Gasteiger partial charge in [-0.3, -0.25) is 14.3 Å². The molecule has 0 aliphatic rings. The van der Waals surface area contributed by atoms with Crippen LogP contribution in [-0.2, 0) is 10.1 Å². The standard InChI is InChI=1S/C5H4FNO4S/c6-5-3(12(9,10)11)1-2-4(8)7-5/h1-2H,(H,7,8)(H,9,10,11). The summed E-state index contributed by atoms with van der Waals surface area (Å²) in [5, 5.41) is 0. The van der Waals surface area contributed by atoms with Crippen molar-refractivity contribution in [2.75, 3.05) is 0 Å². The second kappa shape index (κ2) is 2.68. The lowest BCUT2D eigenvalue weighted by atomic mass is 10.5. The summed E-state index contributed by atoms with van der Waals surface area (Å²) in [5.74, 6) is -1.37. The molecule has 0 fully saturated rings. The maximum Gasteiger partial charge on any atom is 0.299 e. The van der Waals surface area contributed by atoms with E-state index in [9.17, 15) is 17.6 Å². The summed E-state index contributed by atoms with van der Waals surface area (Å²) in [6.45, 7) is 0. The maximum absolute atomic E-state index is 12.6. The monoisotopic (exact) mass is 193 g/mol. The highest BCUT2D eigenvalue weighted by Gasteiger charge is 2.15. The molecule has 0 aliphatic carbocycles. The number of hydrogen-bond acceptors (Lipinski definition) is 3. The zero-order valence-electron chi connectivity index (χ0n) is 5.61. The fraction of sp³-hybridized carbons (Fsp3) is 0. The van der Waals surface area contributed by atoms with E-state index >= 15 is 0 Å². The maximum atomic E-state index is 12.6. The van der Waals surface area contributed by atoms with Crippen molar-refractivity contribution in [2.24, 2.45) is 0 Å². The van der Waals surface area contributed by atoms with Crippen LogP contribution in [0.1, 0.15) is 0 Å². The van der Waals surface area contributed by atoms with Crippen LogP contribution < -0.4 is 5.56 Å². The summed E-state index contributed by atoms with van der Waals surface area (Å²) in [5.41, 5.74) is -0.778. The average molecular weight is 193 g/mol. The molecule has 1 aromatic heterocycles. The summed E-state index contributed by atoms with van der Waals surface area (Å²) < 4.78 is 41.6. The fourth-order valence-electron chi connectivity index (χ4n) is 0.635. The summed E-state index contributed by atoms with van der Waals surface area (Å²) in [6.07, 6.45) is 0. The highest BCUT2D eigenvalue weighted by molar-refractivity contribution is 7.85. The lowest BCUT2D eigenvalue weighted by Gasteiger charge is -1.95. The van der Waals surface area contributed by atoms with Crippen molar-refractivity contribution in [3.8, 4) is 0 Å². The van der Waals surface area contributed by atoms with Crippen molar-refractivity contribution < 1.29 is 17.4 Å². The number of nitrogens with one attached hydrogen (secondary N) is 1. The molecule has 1 rings (SSSR count). The van der Waals surface area contributed by atoms with Gasteiger partial charge in [0, 0.05) is 6.07 Å². The Bertz CT molecular complexity index is 449. The first-order chi connectivity index (χ1) is 5.41. The van der Waals surface area contributed by atoms with E-state index in [1.54, 1.807) is 4.98 Å². The van der Waals surface area contributed by atoms with E-state index in [1.807, 2.05) is 0 Å². The minimum Gasteiger partial charge on any atom is -0.298 e. The molecule has 0 spiro atoms. The highest BCUT2D eigenvalue weighted by Crippen LogP contribution is 2.07. The van der Waals surface area contributed by atoms with Crippen LogP contribution in [-0.4, -0.2) is 18.0 Å². The normalized spacial score (nSPS) is 11.5. The van der Waals surface area contributed by atoms with E-state index in [0.717, 1.165) is 6.07 Å². The van der Waals surface area contributed by atoms with Crippen molar-refractivity contribution in [1.29, 1.82) is 0 Å². The number of halogens is 1. The molecule has 0 saturated heterocycles. The Hall–Kier alpha value is -1.21. The first-order valence-electron chi connectivity index (χ1n) is 2.77. The lowest BCUT2D eigenvalue weighted by Crippen LogP contribution is -2.11. The quantitative estimate of drug-likeness (QED) is 0.476. The van der Waals surface area contributed by atoms with Gasteiger partial charge in [0.1, 0.15) is 4.90 Å². The van der Waals surface area contributed by atoms with Crippen molar-refractivity contribution in [3.63, 3.8) is 0 Å². The van der Waals surface area contributed by atoms with Crippen LogP contribution >= 0.6 is 0 Å². The predicted molar refractivity (Wildman–Crippen MR) is 36.8 cm³/mol. The first-order valence-corrected chi connectivity index (χ1v) is 4.21. The molecule has 0 aliphatic heterocycles. The number of aromatic nitrogens is 1. The van der Waals surface area contributed by atoms with Gasteiger partial charge in [0.05, 0.1) is 0 Å². The molecular weight excluding hydrogens is 189 g/mol. The Morgan fingerprint density at radius 3 is 2.42 bits per heavy atom. The molecule has 0 unspecified atom stereocenters. The molecule has 0 atom stereocenters. The summed E-state index contributed by atoms with van der Waals surface area (Å²) in [6, 6.07) is 1.48. The third-order valence-electron chi connectivity index (χ3n) is 1.11. The Balaban J connectivity index is 3.49. The third kappa shape index (κ3) is 1.69. The van der Waals surface area contributed by atoms with Gasteiger partial charge in [-0.15, -0.1) is 0 Å². The predicted octanol–water partition coefficient (Wildman–Crippen LogP) is -0.239. The minimum absolute atomic E-state index is 0.684. The summed E-state index contributed by atoms with van der Waals surface area (Å²) >= 11 is 0. The number of aromatic amines is 1. The van der Waals surface area contributed by atoms with Crippen molar-refractivity contribution >= 4 is 10.1 Å². The first kappa shape index (κ1) is 8.88. The Morgan fingerprint density at radius 1 is 1.42 bits per heavy atom. The van der Waals surface area contributed by atoms with Crippen LogP contribution in [0.3, 0.4) is 0 Å². The minimum atomic E-state index is -4.60. The zero-order chi connectivity index (χ0) is 9.35. The Morgan fingerprint density at radius 2 is 2.00 bits per heavy atom. The third-order valence-corrected chi connectivity index (χ3v) is 1.98. The molecule has 1 aromatic rings. The van der Waals surface area contributed by atoms with Crippen molar-refractivity contribution in [3.05, 3.63) is 28.4 Å². The lowest BCUT2D eigenvalue weighted by molar-refractivity contribution is 0.466. The Labute approximate surface area is 66.6 Å². The van der Waals surface area contributed by atoms with Crippen molar-refractivity contribution in [1.82, 2.24) is 4.98 Å². The van der Waals surface area contributed by atoms with Crippen LogP contribution in [0.2, 0.25) is 0 Å². The molecule has 0 bridgehead atoms. The molecular formula is C5H4FNO4S. The van der Waals surface area contributed by atoms with Gasteiger partial charge in [-0.25, -0.2) is 0 Å². The molecule has 0 amide bonds. The van der Waals surface area contributed by atoms with E-state index < -0.39 is 26.5 Å². The van der Waals surface area contributed by atoms with Gasteiger partial charge in [0.2, 0.25) is 11.5 Å². The van der Waals surface area contributed by atoms with Crippen LogP contribution in [0.25, 0.3) is 0 Å². The molecule has 5 nitrogen and oxygen atoms in total. The number of hydrogen-bond donors (Lipinski definition) is 2. The largest absolute Gasteiger partial charge is 0.299 e. The molecule has 0 saturated carbocycles. The van der Waals surface area contributed by atoms with Gasteiger partial charge < -0.3 is 0 Å². The van der Waals surface area contributed by atoms with Gasteiger partial charge in [-0.2, -0.15) is 12.8 Å². The number of rotatable bonds is 1. The summed E-state index contributed by atoms with van der Waals surface area (Å²) in [4.78, 5) is 11.0. The fourth-order valence-corrected chi connectivity index (χ4v) is 1.15. The van der Waals surface area contributed by atoms with E-state index in [1.165, 1.54) is 0 Å². The van der Waals surface area contributed by atoms with E-state index in [-0.39, 0.29) is 0 Å². The molecule has 0 radical (unpaired) electrons. The van der Waals surface area contributed by atoms with Gasteiger partial charge in [0.25, 0.3) is 10.1 Å². The van der Waals surface area contributed by atoms with Gasteiger partial charge in [-0.1, -0.05) is 0 Å². The Kier molecular flexibility index (Phi) is 1.99. The topological polar surface area (TPSA) is 87.2 Å². The molecule has 1 heterocycles. The van der Waals surface area contributed by atoms with Crippen LogP contribution in [0.15, 0.2) is 21.8 Å². The molecule has 0 aromatic carbocycles. The summed E-state index contributed by atoms with van der Waals surface area (Å²) in [7, 11) is -4.60. The van der Waals surface area contributed by atoms with Gasteiger partial charge in [-0.05, 0) is 6.07 Å².